The lowest BCUT2D eigenvalue weighted by Gasteiger charge is -2.17. The van der Waals surface area contributed by atoms with Gasteiger partial charge in [-0.05, 0) is 66.8 Å². The molecule has 1 atom stereocenters. The Morgan fingerprint density at radius 2 is 2.05 bits per heavy atom. The molecule has 0 saturated heterocycles. The summed E-state index contributed by atoms with van der Waals surface area (Å²) < 4.78 is 1.16. The number of anilines is 1. The maximum Gasteiger partial charge on any atom is 0.0519 e. The van der Waals surface area contributed by atoms with Crippen molar-refractivity contribution >= 4 is 33.2 Å². The van der Waals surface area contributed by atoms with Crippen LogP contribution in [0.3, 0.4) is 0 Å². The normalized spacial score (nSPS) is 17.3. The van der Waals surface area contributed by atoms with Crippen LogP contribution >= 0.6 is 27.5 Å². The minimum atomic E-state index is 0.406. The van der Waals surface area contributed by atoms with Gasteiger partial charge in [0.2, 0.25) is 0 Å². The Labute approximate surface area is 127 Å². The molecule has 1 nitrogen and oxygen atoms in total. The molecule has 0 saturated carbocycles. The second kappa shape index (κ2) is 5.18. The summed E-state index contributed by atoms with van der Waals surface area (Å²) in [5.74, 6) is 0. The Balaban J connectivity index is 1.86. The molecule has 0 spiro atoms. The van der Waals surface area contributed by atoms with Crippen molar-refractivity contribution in [2.45, 2.75) is 25.8 Å². The fraction of sp³-hybridized carbons (Fsp3) is 0.250. The molecule has 0 fully saturated rings. The molecular weight excluding hydrogens is 322 g/mol. The molecule has 3 heteroatoms. The first-order valence-corrected chi connectivity index (χ1v) is 7.61. The Hall–Kier alpha value is -0.990. The molecule has 0 aromatic heterocycles. The predicted octanol–water partition coefficient (Wildman–Crippen LogP) is 5.51. The van der Waals surface area contributed by atoms with Crippen molar-refractivity contribution in [1.29, 1.82) is 0 Å². The highest BCUT2D eigenvalue weighted by molar-refractivity contribution is 9.10. The molecule has 0 aliphatic heterocycles. The van der Waals surface area contributed by atoms with Crippen LogP contribution in [0.4, 0.5) is 5.69 Å². The fourth-order valence-corrected chi connectivity index (χ4v) is 3.35. The number of hydrogen-bond donors (Lipinski definition) is 1. The fourth-order valence-electron chi connectivity index (χ4n) is 2.71. The minimum Gasteiger partial charge on any atom is -0.378 e. The summed E-state index contributed by atoms with van der Waals surface area (Å²) in [6.45, 7) is 2.09. The molecule has 2 aromatic rings. The number of rotatable bonds is 2. The Morgan fingerprint density at radius 3 is 2.84 bits per heavy atom. The van der Waals surface area contributed by atoms with E-state index in [0.717, 1.165) is 22.3 Å². The zero-order valence-electron chi connectivity index (χ0n) is 10.7. The molecule has 1 aliphatic rings. The van der Waals surface area contributed by atoms with E-state index in [1.54, 1.807) is 0 Å². The second-order valence-electron chi connectivity index (χ2n) is 5.04. The highest BCUT2D eigenvalue weighted by Gasteiger charge is 2.22. The van der Waals surface area contributed by atoms with E-state index in [-0.39, 0.29) is 0 Å². The van der Waals surface area contributed by atoms with Crippen LogP contribution < -0.4 is 5.32 Å². The molecule has 0 amide bonds. The first-order chi connectivity index (χ1) is 9.13. The molecule has 0 heterocycles. The number of nitrogens with one attached hydrogen (secondary N) is 1. The van der Waals surface area contributed by atoms with Gasteiger partial charge in [-0.2, -0.15) is 0 Å². The van der Waals surface area contributed by atoms with Crippen LogP contribution in [0.1, 0.15) is 29.2 Å². The van der Waals surface area contributed by atoms with Gasteiger partial charge in [0.25, 0.3) is 0 Å². The third kappa shape index (κ3) is 2.65. The molecule has 19 heavy (non-hydrogen) atoms. The SMILES string of the molecule is Cc1cc(Cl)ccc1NC1CCc2cc(Br)ccc21. The summed E-state index contributed by atoms with van der Waals surface area (Å²) in [7, 11) is 0. The average molecular weight is 337 g/mol. The summed E-state index contributed by atoms with van der Waals surface area (Å²) >= 11 is 9.54. The lowest BCUT2D eigenvalue weighted by atomic mass is 10.1. The first-order valence-electron chi connectivity index (χ1n) is 6.44. The molecule has 0 radical (unpaired) electrons. The van der Waals surface area contributed by atoms with Crippen molar-refractivity contribution in [3.05, 3.63) is 62.6 Å². The van der Waals surface area contributed by atoms with E-state index in [1.807, 2.05) is 12.1 Å². The van der Waals surface area contributed by atoms with Crippen LogP contribution in [0.5, 0.6) is 0 Å². The largest absolute Gasteiger partial charge is 0.378 e. The van der Waals surface area contributed by atoms with Gasteiger partial charge in [-0.25, -0.2) is 0 Å². The molecule has 3 rings (SSSR count). The molecule has 98 valence electrons. The van der Waals surface area contributed by atoms with Crippen LogP contribution in [-0.4, -0.2) is 0 Å². The van der Waals surface area contributed by atoms with E-state index in [0.29, 0.717) is 6.04 Å². The van der Waals surface area contributed by atoms with Crippen LogP contribution in [0.2, 0.25) is 5.02 Å². The van der Waals surface area contributed by atoms with Crippen LogP contribution in [0.15, 0.2) is 40.9 Å². The van der Waals surface area contributed by atoms with Crippen molar-refractivity contribution in [3.8, 4) is 0 Å². The highest BCUT2D eigenvalue weighted by Crippen LogP contribution is 2.36. The van der Waals surface area contributed by atoms with Gasteiger partial charge in [0, 0.05) is 15.2 Å². The van der Waals surface area contributed by atoms with Gasteiger partial charge < -0.3 is 5.32 Å². The van der Waals surface area contributed by atoms with E-state index in [2.05, 4.69) is 52.4 Å². The zero-order chi connectivity index (χ0) is 13.4. The molecular formula is C16H15BrClN. The average Bonchev–Trinajstić information content (AvgIpc) is 2.75. The van der Waals surface area contributed by atoms with Gasteiger partial charge >= 0.3 is 0 Å². The predicted molar refractivity (Wildman–Crippen MR) is 85.0 cm³/mol. The maximum absolute atomic E-state index is 6.00. The third-order valence-corrected chi connectivity index (χ3v) is 4.43. The lowest BCUT2D eigenvalue weighted by Crippen LogP contribution is -2.08. The van der Waals surface area contributed by atoms with Gasteiger partial charge in [-0.1, -0.05) is 33.6 Å². The smallest absolute Gasteiger partial charge is 0.0519 e. The van der Waals surface area contributed by atoms with Crippen LogP contribution in [0.25, 0.3) is 0 Å². The minimum absolute atomic E-state index is 0.406. The second-order valence-corrected chi connectivity index (χ2v) is 6.39. The maximum atomic E-state index is 6.00. The molecule has 1 unspecified atom stereocenters. The number of aryl methyl sites for hydroxylation is 2. The Kier molecular flexibility index (Phi) is 3.55. The van der Waals surface area contributed by atoms with E-state index in [1.165, 1.54) is 22.4 Å². The topological polar surface area (TPSA) is 12.0 Å². The monoisotopic (exact) mass is 335 g/mol. The van der Waals surface area contributed by atoms with Crippen molar-refractivity contribution in [2.24, 2.45) is 0 Å². The van der Waals surface area contributed by atoms with Crippen molar-refractivity contribution in [3.63, 3.8) is 0 Å². The van der Waals surface area contributed by atoms with E-state index in [4.69, 9.17) is 11.6 Å². The molecule has 0 bridgehead atoms. The quantitative estimate of drug-likeness (QED) is 0.762. The van der Waals surface area contributed by atoms with Gasteiger partial charge in [0.15, 0.2) is 0 Å². The zero-order valence-corrected chi connectivity index (χ0v) is 13.1. The Bertz CT molecular complexity index is 624. The summed E-state index contributed by atoms with van der Waals surface area (Å²) in [5.41, 5.74) is 5.22. The number of fused-ring (bicyclic) bond motifs is 1. The molecule has 1 aliphatic carbocycles. The van der Waals surface area contributed by atoms with Crippen LogP contribution in [-0.2, 0) is 6.42 Å². The van der Waals surface area contributed by atoms with Gasteiger partial charge in [0.1, 0.15) is 0 Å². The molecule has 1 N–H and O–H groups in total. The van der Waals surface area contributed by atoms with Crippen molar-refractivity contribution < 1.29 is 0 Å². The van der Waals surface area contributed by atoms with Crippen molar-refractivity contribution in [2.75, 3.05) is 5.32 Å². The summed E-state index contributed by atoms with van der Waals surface area (Å²) in [6.07, 6.45) is 2.28. The van der Waals surface area contributed by atoms with E-state index < -0.39 is 0 Å². The van der Waals surface area contributed by atoms with Crippen molar-refractivity contribution in [1.82, 2.24) is 0 Å². The molecule has 2 aromatic carbocycles. The van der Waals surface area contributed by atoms with E-state index >= 15 is 0 Å². The lowest BCUT2D eigenvalue weighted by molar-refractivity contribution is 0.761. The van der Waals surface area contributed by atoms with Gasteiger partial charge in [-0.3, -0.25) is 0 Å². The number of benzene rings is 2. The van der Waals surface area contributed by atoms with Crippen LogP contribution in [0, 0.1) is 6.92 Å². The number of hydrogen-bond acceptors (Lipinski definition) is 1. The summed E-state index contributed by atoms with van der Waals surface area (Å²) in [5, 5.41) is 4.43. The summed E-state index contributed by atoms with van der Waals surface area (Å²) in [6, 6.07) is 13.0. The van der Waals surface area contributed by atoms with Gasteiger partial charge in [-0.15, -0.1) is 0 Å². The van der Waals surface area contributed by atoms with Gasteiger partial charge in [0.05, 0.1) is 6.04 Å². The standard InChI is InChI=1S/C16H15BrClN/c1-10-8-13(18)4-7-15(10)19-16-6-2-11-9-12(17)3-5-14(11)16/h3-5,7-9,16,19H,2,6H2,1H3. The summed E-state index contributed by atoms with van der Waals surface area (Å²) in [4.78, 5) is 0. The third-order valence-electron chi connectivity index (χ3n) is 3.70. The number of halogens is 2. The highest BCUT2D eigenvalue weighted by atomic mass is 79.9. The van der Waals surface area contributed by atoms with E-state index in [9.17, 15) is 0 Å². The Morgan fingerprint density at radius 1 is 1.21 bits per heavy atom. The first kappa shape index (κ1) is 13.0.